The van der Waals surface area contributed by atoms with Crippen LogP contribution in [-0.4, -0.2) is 44.0 Å². The fourth-order valence-electron chi connectivity index (χ4n) is 2.34. The molecule has 0 radical (unpaired) electrons. The van der Waals surface area contributed by atoms with Gasteiger partial charge in [0.1, 0.15) is 20.6 Å². The number of aromatic nitrogens is 1. The first-order valence-corrected chi connectivity index (χ1v) is 8.96. The number of fused-ring (bicyclic) bond motifs is 1. The zero-order valence-electron chi connectivity index (χ0n) is 11.7. The number of sulfone groups is 1. The Hall–Kier alpha value is -1.21. The number of aryl methyl sites for hydroxylation is 2. The lowest BCUT2D eigenvalue weighted by atomic mass is 10.1. The smallest absolute Gasteiger partial charge is 0.149 e. The molecular weight excluding hydrogens is 294 g/mol. The Labute approximate surface area is 125 Å². The average molecular weight is 313 g/mol. The Morgan fingerprint density at radius 3 is 2.80 bits per heavy atom. The highest BCUT2D eigenvalue weighted by Gasteiger charge is 2.20. The first kappa shape index (κ1) is 15.2. The van der Waals surface area contributed by atoms with Crippen LogP contribution in [0.3, 0.4) is 0 Å². The van der Waals surface area contributed by atoms with Crippen LogP contribution in [0.5, 0.6) is 0 Å². The van der Waals surface area contributed by atoms with E-state index in [0.717, 1.165) is 30.5 Å². The average Bonchev–Trinajstić information content (AvgIpc) is 2.80. The van der Waals surface area contributed by atoms with E-state index in [1.807, 2.05) is 18.0 Å². The summed E-state index contributed by atoms with van der Waals surface area (Å²) < 4.78 is 22.6. The number of thiocarbonyl (C=S) groups is 1. The summed E-state index contributed by atoms with van der Waals surface area (Å²) in [5, 5.41) is 0. The lowest BCUT2D eigenvalue weighted by Crippen LogP contribution is -2.28. The number of rotatable bonds is 5. The minimum atomic E-state index is -3.01. The van der Waals surface area contributed by atoms with Crippen LogP contribution in [0, 0.1) is 0 Å². The van der Waals surface area contributed by atoms with Gasteiger partial charge in [-0.25, -0.2) is 13.4 Å². The third kappa shape index (κ3) is 3.46. The largest absolute Gasteiger partial charge is 0.389 e. The molecule has 0 aliphatic heterocycles. The van der Waals surface area contributed by atoms with Gasteiger partial charge in [0.05, 0.1) is 11.3 Å². The first-order chi connectivity index (χ1) is 9.28. The number of nitrogens with zero attached hydrogens (tertiary/aromatic N) is 2. The minimum Gasteiger partial charge on any atom is -0.389 e. The Balaban J connectivity index is 2.32. The highest BCUT2D eigenvalue weighted by atomic mass is 32.2. The van der Waals surface area contributed by atoms with Crippen molar-refractivity contribution in [3.63, 3.8) is 0 Å². The zero-order valence-corrected chi connectivity index (χ0v) is 13.4. The van der Waals surface area contributed by atoms with Crippen LogP contribution in [0.2, 0.25) is 0 Å². The Kier molecular flexibility index (Phi) is 4.29. The molecule has 0 aromatic carbocycles. The van der Waals surface area contributed by atoms with Crippen LogP contribution in [0.4, 0.5) is 5.82 Å². The van der Waals surface area contributed by atoms with Gasteiger partial charge in [-0.2, -0.15) is 0 Å². The van der Waals surface area contributed by atoms with Crippen molar-refractivity contribution in [2.45, 2.75) is 19.3 Å². The van der Waals surface area contributed by atoms with Gasteiger partial charge in [0.2, 0.25) is 0 Å². The maximum Gasteiger partial charge on any atom is 0.149 e. The molecule has 7 heteroatoms. The van der Waals surface area contributed by atoms with Gasteiger partial charge in [0.25, 0.3) is 0 Å². The second kappa shape index (κ2) is 5.65. The molecule has 0 saturated carbocycles. The third-order valence-electron chi connectivity index (χ3n) is 3.46. The van der Waals surface area contributed by atoms with Crippen molar-refractivity contribution in [1.82, 2.24) is 4.98 Å². The fourth-order valence-corrected chi connectivity index (χ4v) is 3.10. The molecule has 1 heterocycles. The molecule has 110 valence electrons. The highest BCUT2D eigenvalue weighted by Crippen LogP contribution is 2.27. The molecule has 1 aliphatic rings. The molecule has 0 unspecified atom stereocenters. The van der Waals surface area contributed by atoms with E-state index in [2.05, 4.69) is 4.98 Å². The number of nitrogens with two attached hydrogens (primary N) is 1. The highest BCUT2D eigenvalue weighted by molar-refractivity contribution is 7.90. The summed E-state index contributed by atoms with van der Waals surface area (Å²) in [6, 6.07) is 2.00. The predicted octanol–water partition coefficient (Wildman–Crippen LogP) is 0.685. The molecule has 0 saturated heterocycles. The molecule has 0 amide bonds. The monoisotopic (exact) mass is 313 g/mol. The predicted molar refractivity (Wildman–Crippen MR) is 85.1 cm³/mol. The summed E-state index contributed by atoms with van der Waals surface area (Å²) in [6.07, 6.45) is 4.28. The lowest BCUT2D eigenvalue weighted by Gasteiger charge is -2.21. The SMILES string of the molecule is CN(CCS(C)(=O)=O)c1nc2c(cc1C(N)=S)CCC2. The molecule has 0 spiro atoms. The van der Waals surface area contributed by atoms with Crippen LogP contribution in [0.15, 0.2) is 6.07 Å². The first-order valence-electron chi connectivity index (χ1n) is 6.49. The van der Waals surface area contributed by atoms with E-state index in [4.69, 9.17) is 18.0 Å². The van der Waals surface area contributed by atoms with Gasteiger partial charge in [-0.05, 0) is 30.9 Å². The van der Waals surface area contributed by atoms with E-state index >= 15 is 0 Å². The molecule has 0 bridgehead atoms. The van der Waals surface area contributed by atoms with Gasteiger partial charge in [-0.3, -0.25) is 0 Å². The molecule has 1 aromatic rings. The van der Waals surface area contributed by atoms with Gasteiger partial charge in [0.15, 0.2) is 0 Å². The maximum atomic E-state index is 11.3. The molecule has 1 aromatic heterocycles. The molecule has 0 atom stereocenters. The van der Waals surface area contributed by atoms with Crippen molar-refractivity contribution in [2.75, 3.05) is 30.5 Å². The van der Waals surface area contributed by atoms with Gasteiger partial charge in [-0.15, -0.1) is 0 Å². The molecule has 20 heavy (non-hydrogen) atoms. The minimum absolute atomic E-state index is 0.0824. The van der Waals surface area contributed by atoms with Crippen molar-refractivity contribution in [3.8, 4) is 0 Å². The maximum absolute atomic E-state index is 11.3. The third-order valence-corrected chi connectivity index (χ3v) is 4.60. The van der Waals surface area contributed by atoms with Crippen LogP contribution in [0.1, 0.15) is 23.2 Å². The number of pyridine rings is 1. The van der Waals surface area contributed by atoms with Crippen LogP contribution >= 0.6 is 12.2 Å². The number of hydrogen-bond donors (Lipinski definition) is 1. The molecule has 2 rings (SSSR count). The van der Waals surface area contributed by atoms with E-state index in [1.165, 1.54) is 11.8 Å². The zero-order chi connectivity index (χ0) is 14.9. The summed E-state index contributed by atoms with van der Waals surface area (Å²) >= 11 is 5.09. The van der Waals surface area contributed by atoms with E-state index in [1.54, 1.807) is 0 Å². The summed E-state index contributed by atoms with van der Waals surface area (Å²) in [4.78, 5) is 6.75. The van der Waals surface area contributed by atoms with E-state index in [-0.39, 0.29) is 5.75 Å². The summed E-state index contributed by atoms with van der Waals surface area (Å²) in [7, 11) is -1.19. The van der Waals surface area contributed by atoms with Gasteiger partial charge in [0, 0.05) is 25.5 Å². The standard InChI is InChI=1S/C13H19N3O2S2/c1-16(6-7-20(2,17)18)13-10(12(14)19)8-9-4-3-5-11(9)15-13/h8H,3-7H2,1-2H3,(H2,14,19). The van der Waals surface area contributed by atoms with Gasteiger partial charge >= 0.3 is 0 Å². The van der Waals surface area contributed by atoms with Gasteiger partial charge < -0.3 is 10.6 Å². The normalized spacial score (nSPS) is 14.1. The van der Waals surface area contributed by atoms with Gasteiger partial charge in [-0.1, -0.05) is 12.2 Å². The molecule has 0 fully saturated rings. The molecule has 5 nitrogen and oxygen atoms in total. The summed E-state index contributed by atoms with van der Waals surface area (Å²) in [6.45, 7) is 0.375. The second-order valence-electron chi connectivity index (χ2n) is 5.23. The van der Waals surface area contributed by atoms with Crippen molar-refractivity contribution >= 4 is 32.9 Å². The summed E-state index contributed by atoms with van der Waals surface area (Å²) in [5.41, 5.74) is 8.79. The fraction of sp³-hybridized carbons (Fsp3) is 0.538. The van der Waals surface area contributed by atoms with Crippen LogP contribution in [-0.2, 0) is 22.7 Å². The lowest BCUT2D eigenvalue weighted by molar-refractivity contribution is 0.601. The van der Waals surface area contributed by atoms with Crippen molar-refractivity contribution < 1.29 is 8.42 Å². The number of hydrogen-bond acceptors (Lipinski definition) is 5. The Morgan fingerprint density at radius 2 is 2.20 bits per heavy atom. The van der Waals surface area contributed by atoms with E-state index in [0.29, 0.717) is 17.4 Å². The molecular formula is C13H19N3O2S2. The van der Waals surface area contributed by atoms with Crippen LogP contribution < -0.4 is 10.6 Å². The topological polar surface area (TPSA) is 76.3 Å². The Bertz CT molecular complexity index is 641. The van der Waals surface area contributed by atoms with Crippen molar-refractivity contribution in [3.05, 3.63) is 22.9 Å². The van der Waals surface area contributed by atoms with Crippen molar-refractivity contribution in [1.29, 1.82) is 0 Å². The molecule has 1 aliphatic carbocycles. The number of anilines is 1. The van der Waals surface area contributed by atoms with E-state index in [9.17, 15) is 8.42 Å². The summed E-state index contributed by atoms with van der Waals surface area (Å²) in [5.74, 6) is 0.765. The Morgan fingerprint density at radius 1 is 1.50 bits per heavy atom. The van der Waals surface area contributed by atoms with Crippen molar-refractivity contribution in [2.24, 2.45) is 5.73 Å². The quantitative estimate of drug-likeness (QED) is 0.806. The second-order valence-corrected chi connectivity index (χ2v) is 7.93. The van der Waals surface area contributed by atoms with Crippen LogP contribution in [0.25, 0.3) is 0 Å². The van der Waals surface area contributed by atoms with E-state index < -0.39 is 9.84 Å². The molecule has 2 N–H and O–H groups in total.